The molecule has 2 aliphatic heterocycles. The molecule has 16 nitrogen and oxygen atoms in total. The van der Waals surface area contributed by atoms with Crippen molar-refractivity contribution in [1.82, 2.24) is 5.32 Å². The van der Waals surface area contributed by atoms with Crippen molar-refractivity contribution in [2.24, 2.45) is 0 Å². The number of hydrogen-bond donors (Lipinski definition) is 6. The van der Waals surface area contributed by atoms with Crippen molar-refractivity contribution in [3.63, 3.8) is 0 Å². The lowest BCUT2D eigenvalue weighted by Crippen LogP contribution is -2.56. The number of ketones is 3. The van der Waals surface area contributed by atoms with E-state index in [4.69, 9.17) is 28.3 Å². The molecule has 4 aliphatic rings. The smallest absolute Gasteiger partial charge is 0.494 e. The van der Waals surface area contributed by atoms with Gasteiger partial charge in [0.05, 0.1) is 53.3 Å². The van der Waals surface area contributed by atoms with E-state index in [0.717, 1.165) is 5.46 Å². The van der Waals surface area contributed by atoms with Crippen molar-refractivity contribution >= 4 is 36.0 Å². The number of aliphatic hydroxyl groups is 3. The molecule has 0 aromatic heterocycles. The summed E-state index contributed by atoms with van der Waals surface area (Å²) in [6.45, 7) is 8.18. The summed E-state index contributed by atoms with van der Waals surface area (Å²) in [5, 5.41) is 58.4. The normalized spacial score (nSPS) is 27.0. The Labute approximate surface area is 334 Å². The third-order valence-corrected chi connectivity index (χ3v) is 11.9. The van der Waals surface area contributed by atoms with Gasteiger partial charge in [0.1, 0.15) is 42.2 Å². The number of rotatable bonds is 9. The minimum absolute atomic E-state index is 0.0601. The van der Waals surface area contributed by atoms with Crippen LogP contribution in [-0.2, 0) is 41.3 Å². The molecule has 0 radical (unpaired) electrons. The highest BCUT2D eigenvalue weighted by molar-refractivity contribution is 6.62. The predicted molar refractivity (Wildman–Crippen MR) is 203 cm³/mol. The van der Waals surface area contributed by atoms with Crippen LogP contribution in [0.5, 0.6) is 17.2 Å². The zero-order valence-electron chi connectivity index (χ0n) is 32.9. The van der Waals surface area contributed by atoms with Crippen LogP contribution < -0.4 is 15.5 Å². The lowest BCUT2D eigenvalue weighted by molar-refractivity contribution is -0.249. The number of ether oxygens (including phenoxy) is 4. The molecule has 6 N–H and O–H groups in total. The van der Waals surface area contributed by atoms with Crippen molar-refractivity contribution in [3.05, 3.63) is 81.4 Å². The fourth-order valence-electron chi connectivity index (χ4n) is 7.95. The Hall–Kier alpha value is -4.88. The molecule has 308 valence electrons. The van der Waals surface area contributed by atoms with E-state index in [0.29, 0.717) is 5.56 Å². The number of phenolic OH excluding ortho intramolecular Hbond substituents is 2. The van der Waals surface area contributed by atoms with Gasteiger partial charge in [0, 0.05) is 36.0 Å². The molecule has 0 spiro atoms. The van der Waals surface area contributed by atoms with Gasteiger partial charge in [-0.25, -0.2) is 4.79 Å². The molecule has 2 fully saturated rings. The van der Waals surface area contributed by atoms with E-state index in [2.05, 4.69) is 5.32 Å². The van der Waals surface area contributed by atoms with Crippen molar-refractivity contribution in [3.8, 4) is 17.2 Å². The summed E-state index contributed by atoms with van der Waals surface area (Å²) in [6.07, 6.45) is -7.19. The first kappa shape index (κ1) is 41.3. The summed E-state index contributed by atoms with van der Waals surface area (Å²) in [5.41, 5.74) is -3.62. The number of nitrogens with one attached hydrogen (secondary N) is 1. The van der Waals surface area contributed by atoms with Crippen molar-refractivity contribution < 1.29 is 73.0 Å². The number of methoxy groups -OCH3 is 1. The van der Waals surface area contributed by atoms with Gasteiger partial charge in [-0.1, -0.05) is 36.4 Å². The van der Waals surface area contributed by atoms with Gasteiger partial charge in [0.2, 0.25) is 5.78 Å². The summed E-state index contributed by atoms with van der Waals surface area (Å²) in [7, 11) is 0.747. The molecule has 6 atom stereocenters. The quantitative estimate of drug-likeness (QED) is 0.105. The first-order valence-electron chi connectivity index (χ1n) is 18.9. The minimum Gasteiger partial charge on any atom is -0.507 e. The van der Waals surface area contributed by atoms with Crippen LogP contribution in [0.2, 0.25) is 0 Å². The van der Waals surface area contributed by atoms with Crippen molar-refractivity contribution in [2.75, 3.05) is 13.7 Å². The number of hydrogen-bond acceptors (Lipinski definition) is 15. The molecule has 1 unspecified atom stereocenters. The second-order valence-electron chi connectivity index (χ2n) is 16.2. The molecular formula is C41H46BNO15. The molecule has 7 rings (SSSR count). The first-order valence-corrected chi connectivity index (χ1v) is 18.9. The van der Waals surface area contributed by atoms with Crippen LogP contribution in [0, 0.1) is 0 Å². The highest BCUT2D eigenvalue weighted by atomic mass is 16.7. The average Bonchev–Trinajstić information content (AvgIpc) is 3.41. The standard InChI is InChI=1S/C41H46BNO15/c1-19-33(46)24(43-38(51)54-18-20-10-12-21(13-11-20)42-57-39(2,3)40(4,5)58-42)14-28(55-19)56-26-16-41(52,27(45)17-44)15-23-30(26)37(50)32-31(35(23)48)34(47)22-8-7-9-25(53-6)29(22)36(32)49/h7-13,19,24,26,28,33,44,46,48,50,52H,14-18H2,1-6H3,(H,43,51)/t19-,24-,26-,28?,33+,41-/m0/s1. The van der Waals surface area contributed by atoms with E-state index < -0.39 is 120 Å². The Kier molecular flexibility index (Phi) is 10.7. The lowest BCUT2D eigenvalue weighted by Gasteiger charge is -2.42. The molecule has 3 aromatic carbocycles. The number of benzene rings is 3. The van der Waals surface area contributed by atoms with Gasteiger partial charge in [-0.05, 0) is 51.7 Å². The summed E-state index contributed by atoms with van der Waals surface area (Å²) < 4.78 is 35.1. The van der Waals surface area contributed by atoms with Crippen LogP contribution in [0.15, 0.2) is 42.5 Å². The number of fused-ring (bicyclic) bond motifs is 3. The van der Waals surface area contributed by atoms with Gasteiger partial charge >= 0.3 is 13.2 Å². The number of aromatic hydroxyl groups is 2. The summed E-state index contributed by atoms with van der Waals surface area (Å²) >= 11 is 0. The molecule has 1 amide bonds. The molecule has 2 saturated heterocycles. The van der Waals surface area contributed by atoms with Crippen LogP contribution in [0.1, 0.15) is 102 Å². The van der Waals surface area contributed by atoms with Crippen LogP contribution in [0.25, 0.3) is 0 Å². The molecule has 2 aliphatic carbocycles. The molecule has 0 saturated carbocycles. The van der Waals surface area contributed by atoms with Gasteiger partial charge < -0.3 is 59.1 Å². The fourth-order valence-corrected chi connectivity index (χ4v) is 7.95. The summed E-state index contributed by atoms with van der Waals surface area (Å²) in [4.78, 5) is 53.7. The van der Waals surface area contributed by atoms with E-state index in [1.807, 2.05) is 39.8 Å². The van der Waals surface area contributed by atoms with Crippen LogP contribution >= 0.6 is 0 Å². The van der Waals surface area contributed by atoms with E-state index >= 15 is 0 Å². The maximum atomic E-state index is 14.0. The Bertz CT molecular complexity index is 2150. The van der Waals surface area contributed by atoms with Crippen LogP contribution in [-0.4, -0.2) is 111 Å². The average molecular weight is 804 g/mol. The second-order valence-corrected chi connectivity index (χ2v) is 16.2. The lowest BCUT2D eigenvalue weighted by atomic mass is 9.72. The van der Waals surface area contributed by atoms with E-state index in [9.17, 15) is 44.7 Å². The largest absolute Gasteiger partial charge is 0.507 e. The van der Waals surface area contributed by atoms with E-state index in [-0.39, 0.29) is 41.0 Å². The van der Waals surface area contributed by atoms with E-state index in [1.54, 1.807) is 12.1 Å². The third kappa shape index (κ3) is 7.04. The van der Waals surface area contributed by atoms with Crippen LogP contribution in [0.4, 0.5) is 4.79 Å². The number of amides is 1. The number of alkyl carbamates (subject to hydrolysis) is 1. The van der Waals surface area contributed by atoms with Crippen molar-refractivity contribution in [2.45, 2.75) is 108 Å². The summed E-state index contributed by atoms with van der Waals surface area (Å²) in [5.74, 6) is -4.09. The Morgan fingerprint density at radius 3 is 2.24 bits per heavy atom. The fraction of sp³-hybridized carbons (Fsp3) is 0.463. The molecule has 0 bridgehead atoms. The third-order valence-electron chi connectivity index (χ3n) is 11.9. The highest BCUT2D eigenvalue weighted by Crippen LogP contribution is 2.52. The SMILES string of the molecule is COc1cccc2c1C(=O)c1c(O)c3c(c(O)c1C2=O)C[C@@](O)(C(=O)CO)C[C@@H]3OC1C[C@H](NC(=O)OCc2ccc(B3OC(C)(C)C(C)(C)O3)cc2)[C@H](O)[C@H](C)O1. The first-order chi connectivity index (χ1) is 27.3. The van der Waals surface area contributed by atoms with Crippen molar-refractivity contribution in [1.29, 1.82) is 0 Å². The minimum atomic E-state index is -2.35. The molecule has 58 heavy (non-hydrogen) atoms. The summed E-state index contributed by atoms with van der Waals surface area (Å²) in [6, 6.07) is 10.5. The number of phenols is 2. The molecule has 3 aromatic rings. The van der Waals surface area contributed by atoms with E-state index in [1.165, 1.54) is 32.2 Å². The Morgan fingerprint density at radius 1 is 0.948 bits per heavy atom. The van der Waals surface area contributed by atoms with Crippen LogP contribution in [0.3, 0.4) is 0 Å². The predicted octanol–water partition coefficient (Wildman–Crippen LogP) is 2.27. The number of carbonyl (C=O) groups excluding carboxylic acids is 4. The number of carbonyl (C=O) groups is 4. The number of aliphatic hydroxyl groups excluding tert-OH is 2. The highest BCUT2D eigenvalue weighted by Gasteiger charge is 2.52. The number of Topliss-reactive ketones (excluding diaryl/α,β-unsaturated/α-hetero) is 1. The zero-order valence-corrected chi connectivity index (χ0v) is 32.9. The van der Waals surface area contributed by atoms with Gasteiger partial charge in [0.15, 0.2) is 17.9 Å². The maximum absolute atomic E-state index is 14.0. The molecule has 17 heteroatoms. The zero-order chi connectivity index (χ0) is 42.1. The van der Waals surface area contributed by atoms with Gasteiger partial charge in [-0.15, -0.1) is 0 Å². The molecule has 2 heterocycles. The second kappa shape index (κ2) is 15.1. The van der Waals surface area contributed by atoms with Gasteiger partial charge in [0.25, 0.3) is 0 Å². The Balaban J connectivity index is 1.10. The molecular weight excluding hydrogens is 757 g/mol. The Morgan fingerprint density at radius 2 is 1.60 bits per heavy atom. The topological polar surface area (TPSA) is 237 Å². The van der Waals surface area contributed by atoms with Gasteiger partial charge in [-0.3, -0.25) is 14.4 Å². The maximum Gasteiger partial charge on any atom is 0.494 e. The monoisotopic (exact) mass is 803 g/mol. The van der Waals surface area contributed by atoms with Gasteiger partial charge in [-0.2, -0.15) is 0 Å².